The van der Waals surface area contributed by atoms with E-state index in [1.165, 1.54) is 0 Å². The van der Waals surface area contributed by atoms with Gasteiger partial charge in [0.15, 0.2) is 0 Å². The third kappa shape index (κ3) is 1.93. The highest BCUT2D eigenvalue weighted by atomic mass is 35.5. The third-order valence-corrected chi connectivity index (χ3v) is 0.938. The quantitative estimate of drug-likeness (QED) is 0.659. The van der Waals surface area contributed by atoms with Crippen LogP contribution in [0.1, 0.15) is 6.92 Å². The number of thiocarbonyl (C=S) groups is 1. The molecule has 1 aromatic heterocycles. The highest BCUT2D eigenvalue weighted by molar-refractivity contribution is 7.80. The van der Waals surface area contributed by atoms with E-state index in [9.17, 15) is 0 Å². The van der Waals surface area contributed by atoms with Gasteiger partial charge in [0.2, 0.25) is 0 Å². The smallest absolute Gasteiger partial charge is 0.321 e. The van der Waals surface area contributed by atoms with Crippen LogP contribution >= 0.6 is 23.8 Å². The Balaban J connectivity index is 2.67. The lowest BCUT2D eigenvalue weighted by Gasteiger charge is -1.92. The first kappa shape index (κ1) is 7.43. The summed E-state index contributed by atoms with van der Waals surface area (Å²) >= 11 is 10.0. The summed E-state index contributed by atoms with van der Waals surface area (Å²) in [5.41, 5.74) is 0. The molecule has 0 aliphatic heterocycles. The fourth-order valence-electron chi connectivity index (χ4n) is 0.406. The van der Waals surface area contributed by atoms with Gasteiger partial charge in [-0.1, -0.05) is 22.4 Å². The lowest BCUT2D eigenvalue weighted by Crippen LogP contribution is -2.03. The van der Waals surface area contributed by atoms with Crippen molar-refractivity contribution < 1.29 is 4.42 Å². The molecule has 6 heteroatoms. The Morgan fingerprint density at radius 1 is 1.70 bits per heavy atom. The van der Waals surface area contributed by atoms with Crippen molar-refractivity contribution in [2.75, 3.05) is 5.32 Å². The molecule has 0 saturated heterocycles. The summed E-state index contributed by atoms with van der Waals surface area (Å²) in [5, 5.41) is 9.54. The van der Waals surface area contributed by atoms with Crippen molar-refractivity contribution in [3.05, 3.63) is 5.35 Å². The molecule has 0 aromatic carbocycles. The van der Waals surface area contributed by atoms with E-state index >= 15 is 0 Å². The maximum atomic E-state index is 5.32. The maximum absolute atomic E-state index is 5.32. The average molecular weight is 178 g/mol. The van der Waals surface area contributed by atoms with Gasteiger partial charge in [-0.3, -0.25) is 0 Å². The van der Waals surface area contributed by atoms with Crippen molar-refractivity contribution in [1.82, 2.24) is 10.2 Å². The third-order valence-electron chi connectivity index (χ3n) is 0.683. The topological polar surface area (TPSA) is 51.0 Å². The standard InChI is InChI=1S/C4H4ClN3OS/c1-2(10)6-4-8-7-3(5)9-4/h1H3,(H,6,8,10). The van der Waals surface area contributed by atoms with E-state index in [1.54, 1.807) is 6.92 Å². The number of nitrogens with one attached hydrogen (secondary N) is 1. The van der Waals surface area contributed by atoms with Gasteiger partial charge >= 0.3 is 11.4 Å². The van der Waals surface area contributed by atoms with Gasteiger partial charge in [0, 0.05) is 0 Å². The summed E-state index contributed by atoms with van der Waals surface area (Å²) in [7, 11) is 0. The summed E-state index contributed by atoms with van der Waals surface area (Å²) in [6.45, 7) is 1.70. The molecule has 0 radical (unpaired) electrons. The van der Waals surface area contributed by atoms with Gasteiger partial charge in [0.25, 0.3) is 0 Å². The van der Waals surface area contributed by atoms with Crippen molar-refractivity contribution >= 4 is 34.8 Å². The molecular formula is C4H4ClN3OS. The zero-order valence-electron chi connectivity index (χ0n) is 5.09. The molecule has 0 spiro atoms. The van der Waals surface area contributed by atoms with Crippen LogP contribution < -0.4 is 5.32 Å². The summed E-state index contributed by atoms with van der Waals surface area (Å²) in [5.74, 6) is 0. The Labute approximate surface area is 67.6 Å². The van der Waals surface area contributed by atoms with Crippen LogP contribution in [0.2, 0.25) is 5.35 Å². The van der Waals surface area contributed by atoms with Gasteiger partial charge in [-0.15, -0.1) is 0 Å². The highest BCUT2D eigenvalue weighted by Crippen LogP contribution is 2.09. The number of rotatable bonds is 1. The molecule has 0 unspecified atom stereocenters. The first-order valence-electron chi connectivity index (χ1n) is 2.45. The fourth-order valence-corrected chi connectivity index (χ4v) is 0.605. The van der Waals surface area contributed by atoms with Gasteiger partial charge in [-0.25, -0.2) is 0 Å². The van der Waals surface area contributed by atoms with Crippen LogP contribution in [0.3, 0.4) is 0 Å². The van der Waals surface area contributed by atoms with E-state index in [1.807, 2.05) is 0 Å². The van der Waals surface area contributed by atoms with Crippen molar-refractivity contribution in [1.29, 1.82) is 0 Å². The van der Waals surface area contributed by atoms with Crippen molar-refractivity contribution in [3.63, 3.8) is 0 Å². The second-order valence-electron chi connectivity index (χ2n) is 1.54. The zero-order chi connectivity index (χ0) is 7.56. The van der Waals surface area contributed by atoms with Crippen LogP contribution in [0.25, 0.3) is 0 Å². The van der Waals surface area contributed by atoms with Crippen LogP contribution in [0.5, 0.6) is 0 Å². The number of hydrogen-bond acceptors (Lipinski definition) is 4. The molecule has 0 saturated carbocycles. The lowest BCUT2D eigenvalue weighted by atomic mass is 10.7. The van der Waals surface area contributed by atoms with E-state index in [-0.39, 0.29) is 11.4 Å². The van der Waals surface area contributed by atoms with Crippen LogP contribution in [-0.2, 0) is 0 Å². The van der Waals surface area contributed by atoms with Gasteiger partial charge in [-0.05, 0) is 18.5 Å². The Kier molecular flexibility index (Phi) is 2.18. The van der Waals surface area contributed by atoms with Crippen molar-refractivity contribution in [2.45, 2.75) is 6.92 Å². The second-order valence-corrected chi connectivity index (χ2v) is 2.48. The molecule has 0 bridgehead atoms. The Morgan fingerprint density at radius 2 is 2.40 bits per heavy atom. The Bertz CT molecular complexity index is 248. The molecule has 0 fully saturated rings. The monoisotopic (exact) mass is 177 g/mol. The zero-order valence-corrected chi connectivity index (χ0v) is 6.66. The Morgan fingerprint density at radius 3 is 2.80 bits per heavy atom. The summed E-state index contributed by atoms with van der Waals surface area (Å²) < 4.78 is 4.74. The first-order valence-corrected chi connectivity index (χ1v) is 3.23. The predicted molar refractivity (Wildman–Crippen MR) is 41.2 cm³/mol. The fraction of sp³-hybridized carbons (Fsp3) is 0.250. The van der Waals surface area contributed by atoms with E-state index in [2.05, 4.69) is 15.5 Å². The number of nitrogens with zero attached hydrogens (tertiary/aromatic N) is 2. The molecule has 0 atom stereocenters. The van der Waals surface area contributed by atoms with E-state index in [0.717, 1.165) is 0 Å². The van der Waals surface area contributed by atoms with Crippen LogP contribution in [-0.4, -0.2) is 15.2 Å². The summed E-state index contributed by atoms with van der Waals surface area (Å²) in [6, 6.07) is 0.220. The van der Waals surface area contributed by atoms with Crippen molar-refractivity contribution in [3.8, 4) is 0 Å². The van der Waals surface area contributed by atoms with E-state index in [4.69, 9.17) is 28.2 Å². The van der Waals surface area contributed by atoms with E-state index in [0.29, 0.717) is 4.99 Å². The minimum atomic E-state index is -0.00116. The first-order chi connectivity index (χ1) is 4.68. The lowest BCUT2D eigenvalue weighted by molar-refractivity contribution is 0.575. The minimum Gasteiger partial charge on any atom is -0.394 e. The molecule has 1 heterocycles. The molecule has 4 nitrogen and oxygen atoms in total. The SMILES string of the molecule is CC(=S)Nc1nnc(Cl)o1. The molecule has 10 heavy (non-hydrogen) atoms. The number of aromatic nitrogens is 2. The van der Waals surface area contributed by atoms with Crippen molar-refractivity contribution in [2.24, 2.45) is 0 Å². The molecular weight excluding hydrogens is 174 g/mol. The molecule has 0 amide bonds. The highest BCUT2D eigenvalue weighted by Gasteiger charge is 2.01. The number of hydrogen-bond donors (Lipinski definition) is 1. The molecule has 0 aliphatic carbocycles. The van der Waals surface area contributed by atoms with Gasteiger partial charge in [0.1, 0.15) is 0 Å². The summed E-state index contributed by atoms with van der Waals surface area (Å²) in [6.07, 6.45) is 0. The van der Waals surface area contributed by atoms with Crippen LogP contribution in [0.15, 0.2) is 4.42 Å². The van der Waals surface area contributed by atoms with E-state index < -0.39 is 0 Å². The predicted octanol–water partition coefficient (Wildman–Crippen LogP) is 1.48. The number of anilines is 1. The van der Waals surface area contributed by atoms with Gasteiger partial charge in [0.05, 0.1) is 4.99 Å². The maximum Gasteiger partial charge on any atom is 0.321 e. The average Bonchev–Trinajstić information content (AvgIpc) is 2.13. The molecule has 1 N–H and O–H groups in total. The largest absolute Gasteiger partial charge is 0.394 e. The summed E-state index contributed by atoms with van der Waals surface area (Å²) in [4.78, 5) is 0.556. The molecule has 1 rings (SSSR count). The Hall–Kier alpha value is -0.680. The normalized spacial score (nSPS) is 9.40. The second kappa shape index (κ2) is 2.94. The molecule has 0 aliphatic rings. The number of halogens is 1. The van der Waals surface area contributed by atoms with Gasteiger partial charge < -0.3 is 9.73 Å². The molecule has 1 aromatic rings. The molecule has 54 valence electrons. The van der Waals surface area contributed by atoms with Crippen LogP contribution in [0, 0.1) is 0 Å². The minimum absolute atomic E-state index is 0.00116. The van der Waals surface area contributed by atoms with Crippen LogP contribution in [0.4, 0.5) is 6.01 Å². The van der Waals surface area contributed by atoms with Gasteiger partial charge in [-0.2, -0.15) is 0 Å².